The molecule has 1 aliphatic heterocycles. The van der Waals surface area contributed by atoms with Crippen molar-refractivity contribution in [1.29, 1.82) is 0 Å². The minimum Gasteiger partial charge on any atom is -0.338 e. The molecule has 1 aliphatic carbocycles. The summed E-state index contributed by atoms with van der Waals surface area (Å²) in [6, 6.07) is 6.54. The molecular weight excluding hydrogens is 348 g/mol. The molecule has 1 aromatic rings. The summed E-state index contributed by atoms with van der Waals surface area (Å²) in [5.41, 5.74) is 0.479. The van der Waals surface area contributed by atoms with Gasteiger partial charge in [-0.25, -0.2) is 8.42 Å². The second-order valence-electron chi connectivity index (χ2n) is 7.46. The first kappa shape index (κ1) is 19.4. The van der Waals surface area contributed by atoms with Crippen LogP contribution in [0.3, 0.4) is 0 Å². The second-order valence-corrected chi connectivity index (χ2v) is 9.40. The van der Waals surface area contributed by atoms with Crippen molar-refractivity contribution in [2.45, 2.75) is 50.8 Å². The first-order valence-electron chi connectivity index (χ1n) is 9.86. The van der Waals surface area contributed by atoms with Crippen LogP contribution in [0.15, 0.2) is 29.2 Å². The van der Waals surface area contributed by atoms with E-state index in [2.05, 4.69) is 0 Å². The summed E-state index contributed by atoms with van der Waals surface area (Å²) in [4.78, 5) is 15.1. The normalized spacial score (nSPS) is 23.7. The maximum absolute atomic E-state index is 13.0. The van der Waals surface area contributed by atoms with E-state index >= 15 is 0 Å². The first-order chi connectivity index (χ1) is 12.5. The summed E-state index contributed by atoms with van der Waals surface area (Å²) in [6.45, 7) is 6.09. The Morgan fingerprint density at radius 1 is 1.12 bits per heavy atom. The van der Waals surface area contributed by atoms with Crippen LogP contribution in [0.25, 0.3) is 0 Å². The van der Waals surface area contributed by atoms with Crippen molar-refractivity contribution in [3.8, 4) is 0 Å². The minimum atomic E-state index is -3.54. The minimum absolute atomic E-state index is 0.0365. The van der Waals surface area contributed by atoms with E-state index in [9.17, 15) is 13.2 Å². The van der Waals surface area contributed by atoms with Gasteiger partial charge >= 0.3 is 0 Å². The molecule has 6 heteroatoms. The van der Waals surface area contributed by atoms with E-state index in [0.29, 0.717) is 24.6 Å². The van der Waals surface area contributed by atoms with E-state index in [1.165, 1.54) is 30.0 Å². The molecule has 1 amide bonds. The summed E-state index contributed by atoms with van der Waals surface area (Å²) < 4.78 is 26.9. The Bertz CT molecular complexity index is 743. The Labute approximate surface area is 157 Å². The predicted octanol–water partition coefficient (Wildman–Crippen LogP) is 3.37. The van der Waals surface area contributed by atoms with Gasteiger partial charge in [-0.05, 0) is 42.9 Å². The molecule has 0 spiro atoms. The van der Waals surface area contributed by atoms with E-state index in [-0.39, 0.29) is 10.8 Å². The first-order valence-corrected chi connectivity index (χ1v) is 11.3. The topological polar surface area (TPSA) is 57.7 Å². The molecule has 3 rings (SSSR count). The van der Waals surface area contributed by atoms with Gasteiger partial charge in [-0.2, -0.15) is 4.31 Å². The van der Waals surface area contributed by atoms with Crippen molar-refractivity contribution in [2.24, 2.45) is 11.8 Å². The molecule has 1 heterocycles. The molecular formula is C20H30N2O3S. The second kappa shape index (κ2) is 8.09. The fourth-order valence-corrected chi connectivity index (χ4v) is 5.97. The number of amides is 1. The quantitative estimate of drug-likeness (QED) is 0.789. The van der Waals surface area contributed by atoms with Gasteiger partial charge in [-0.1, -0.05) is 39.2 Å². The van der Waals surface area contributed by atoms with Gasteiger partial charge in [0.25, 0.3) is 5.91 Å². The number of nitrogens with zero attached hydrogens (tertiary/aromatic N) is 2. The number of hydrogen-bond acceptors (Lipinski definition) is 3. The predicted molar refractivity (Wildman–Crippen MR) is 103 cm³/mol. The zero-order valence-corrected chi connectivity index (χ0v) is 16.7. The lowest BCUT2D eigenvalue weighted by Gasteiger charge is -2.41. The van der Waals surface area contributed by atoms with Gasteiger partial charge in [-0.15, -0.1) is 0 Å². The summed E-state index contributed by atoms with van der Waals surface area (Å²) >= 11 is 0. The molecule has 0 bridgehead atoms. The lowest BCUT2D eigenvalue weighted by molar-refractivity contribution is 0.0520. The van der Waals surface area contributed by atoms with Crippen LogP contribution in [0.5, 0.6) is 0 Å². The Balaban J connectivity index is 1.78. The maximum Gasteiger partial charge on any atom is 0.253 e. The molecule has 2 fully saturated rings. The van der Waals surface area contributed by atoms with Crippen molar-refractivity contribution in [2.75, 3.05) is 26.2 Å². The third-order valence-corrected chi connectivity index (χ3v) is 8.05. The highest BCUT2D eigenvalue weighted by molar-refractivity contribution is 7.89. The average molecular weight is 379 g/mol. The number of fused-ring (bicyclic) bond motifs is 1. The van der Waals surface area contributed by atoms with Crippen LogP contribution in [-0.2, 0) is 10.0 Å². The monoisotopic (exact) mass is 378 g/mol. The number of piperidine rings is 1. The molecule has 0 radical (unpaired) electrons. The van der Waals surface area contributed by atoms with E-state index in [0.717, 1.165) is 25.4 Å². The number of benzene rings is 1. The Morgan fingerprint density at radius 2 is 1.81 bits per heavy atom. The van der Waals surface area contributed by atoms with Crippen LogP contribution in [0.4, 0.5) is 0 Å². The van der Waals surface area contributed by atoms with Crippen LogP contribution in [-0.4, -0.2) is 49.7 Å². The number of rotatable bonds is 5. The van der Waals surface area contributed by atoms with Crippen molar-refractivity contribution in [3.63, 3.8) is 0 Å². The molecule has 2 atom stereocenters. The Morgan fingerprint density at radius 3 is 2.50 bits per heavy atom. The van der Waals surface area contributed by atoms with Crippen molar-refractivity contribution in [1.82, 2.24) is 9.21 Å². The molecule has 0 aromatic heterocycles. The molecule has 26 heavy (non-hydrogen) atoms. The zero-order valence-electron chi connectivity index (χ0n) is 15.9. The van der Waals surface area contributed by atoms with Gasteiger partial charge in [0.2, 0.25) is 10.0 Å². The molecule has 1 saturated carbocycles. The summed E-state index contributed by atoms with van der Waals surface area (Å²) in [5.74, 6) is 1.34. The standard InChI is InChI=1S/C20H30N2O3S/c1-3-22(4-2)26(24,25)19-11-7-10-17(14-19)20(23)21-13-12-16-8-5-6-9-18(16)15-21/h7,10-11,14,16,18H,3-6,8-9,12-13,15H2,1-2H3/t16-,18-/m0/s1. The maximum atomic E-state index is 13.0. The number of hydrogen-bond donors (Lipinski definition) is 0. The van der Waals surface area contributed by atoms with Crippen molar-refractivity contribution < 1.29 is 13.2 Å². The zero-order chi connectivity index (χ0) is 18.7. The van der Waals surface area contributed by atoms with E-state index in [4.69, 9.17) is 0 Å². The molecule has 0 unspecified atom stereocenters. The molecule has 1 aromatic carbocycles. The third kappa shape index (κ3) is 3.81. The molecule has 1 saturated heterocycles. The lowest BCUT2D eigenvalue weighted by Crippen LogP contribution is -2.44. The number of carbonyl (C=O) groups excluding carboxylic acids is 1. The van der Waals surface area contributed by atoms with E-state index in [1.54, 1.807) is 24.3 Å². The third-order valence-electron chi connectivity index (χ3n) is 6.00. The fraction of sp³-hybridized carbons (Fsp3) is 0.650. The van der Waals surface area contributed by atoms with Crippen molar-refractivity contribution >= 4 is 15.9 Å². The van der Waals surface area contributed by atoms with E-state index < -0.39 is 10.0 Å². The summed E-state index contributed by atoms with van der Waals surface area (Å²) in [5, 5.41) is 0. The molecule has 5 nitrogen and oxygen atoms in total. The number of sulfonamides is 1. The van der Waals surface area contributed by atoms with Crippen molar-refractivity contribution in [3.05, 3.63) is 29.8 Å². The van der Waals surface area contributed by atoms with Gasteiger partial charge in [0, 0.05) is 31.7 Å². The van der Waals surface area contributed by atoms with Crippen LogP contribution in [0, 0.1) is 11.8 Å². The smallest absolute Gasteiger partial charge is 0.253 e. The van der Waals surface area contributed by atoms with Gasteiger partial charge in [-0.3, -0.25) is 4.79 Å². The number of carbonyl (C=O) groups is 1. The molecule has 0 N–H and O–H groups in total. The van der Waals surface area contributed by atoms with Crippen LogP contribution in [0.2, 0.25) is 0 Å². The SMILES string of the molecule is CCN(CC)S(=O)(=O)c1cccc(C(=O)N2CC[C@@H]3CCCC[C@H]3C2)c1. The summed E-state index contributed by atoms with van der Waals surface area (Å²) in [7, 11) is -3.54. The van der Waals surface area contributed by atoms with Gasteiger partial charge < -0.3 is 4.90 Å². The Hall–Kier alpha value is -1.40. The van der Waals surface area contributed by atoms with E-state index in [1.807, 2.05) is 18.7 Å². The van der Waals surface area contributed by atoms with Crippen LogP contribution in [0.1, 0.15) is 56.3 Å². The van der Waals surface area contributed by atoms with Gasteiger partial charge in [0.05, 0.1) is 4.90 Å². The summed E-state index contributed by atoms with van der Waals surface area (Å²) in [6.07, 6.45) is 6.17. The highest BCUT2D eigenvalue weighted by Gasteiger charge is 2.33. The van der Waals surface area contributed by atoms with Crippen LogP contribution < -0.4 is 0 Å². The Kier molecular flexibility index (Phi) is 6.03. The highest BCUT2D eigenvalue weighted by Crippen LogP contribution is 2.36. The van der Waals surface area contributed by atoms with Crippen LogP contribution >= 0.6 is 0 Å². The lowest BCUT2D eigenvalue weighted by atomic mass is 9.75. The largest absolute Gasteiger partial charge is 0.338 e. The van der Waals surface area contributed by atoms with Gasteiger partial charge in [0.1, 0.15) is 0 Å². The van der Waals surface area contributed by atoms with Gasteiger partial charge in [0.15, 0.2) is 0 Å². The highest BCUT2D eigenvalue weighted by atomic mass is 32.2. The average Bonchev–Trinajstić information content (AvgIpc) is 2.68. The number of likely N-dealkylation sites (tertiary alicyclic amines) is 1. The molecule has 144 valence electrons. The molecule has 2 aliphatic rings. The fourth-order valence-electron chi connectivity index (χ4n) is 4.47.